The van der Waals surface area contributed by atoms with E-state index in [1.807, 2.05) is 6.07 Å². The fourth-order valence-corrected chi connectivity index (χ4v) is 1.65. The lowest BCUT2D eigenvalue weighted by Gasteiger charge is -2.03. The normalized spacial score (nSPS) is 9.72. The topological polar surface area (TPSA) is 107 Å². The maximum absolute atomic E-state index is 11.1. The van der Waals surface area contributed by atoms with E-state index in [-0.39, 0.29) is 28.1 Å². The Morgan fingerprint density at radius 2 is 2.33 bits per heavy atom. The van der Waals surface area contributed by atoms with Crippen LogP contribution in [-0.4, -0.2) is 27.3 Å². The molecule has 0 fully saturated rings. The molecular formula is C12H7N3O3. The number of carboxylic acids is 1. The number of aromatic nitrogens is 2. The van der Waals surface area contributed by atoms with Crippen LogP contribution in [0, 0.1) is 11.3 Å². The average molecular weight is 241 g/mol. The number of H-pyrrole nitrogens is 1. The van der Waals surface area contributed by atoms with Crippen molar-refractivity contribution in [2.75, 3.05) is 0 Å². The molecule has 0 radical (unpaired) electrons. The molecule has 0 amide bonds. The van der Waals surface area contributed by atoms with Gasteiger partial charge in [0.15, 0.2) is 6.29 Å². The lowest BCUT2D eigenvalue weighted by molar-refractivity contribution is 0.0698. The predicted octanol–water partition coefficient (Wildman–Crippen LogP) is 1.46. The maximum atomic E-state index is 11.1. The SMILES string of the molecule is N#Cc1cccnc1-c1c(C(=O)O)c[nH]c1C=O. The molecule has 2 N–H and O–H groups in total. The zero-order valence-electron chi connectivity index (χ0n) is 9.04. The molecule has 18 heavy (non-hydrogen) atoms. The molecule has 2 rings (SSSR count). The van der Waals surface area contributed by atoms with E-state index in [1.165, 1.54) is 18.5 Å². The highest BCUT2D eigenvalue weighted by atomic mass is 16.4. The Morgan fingerprint density at radius 1 is 1.56 bits per heavy atom. The molecule has 0 aliphatic rings. The highest BCUT2D eigenvalue weighted by Crippen LogP contribution is 2.27. The van der Waals surface area contributed by atoms with Crippen molar-refractivity contribution in [1.29, 1.82) is 5.26 Å². The molecule has 0 bridgehead atoms. The molecular weight excluding hydrogens is 234 g/mol. The molecule has 2 heterocycles. The number of nitrogens with one attached hydrogen (secondary N) is 1. The number of hydrogen-bond acceptors (Lipinski definition) is 4. The van der Waals surface area contributed by atoms with Crippen molar-refractivity contribution >= 4 is 12.3 Å². The van der Waals surface area contributed by atoms with Crippen LogP contribution < -0.4 is 0 Å². The third kappa shape index (κ3) is 1.74. The highest BCUT2D eigenvalue weighted by molar-refractivity contribution is 6.01. The lowest BCUT2D eigenvalue weighted by atomic mass is 10.0. The van der Waals surface area contributed by atoms with Gasteiger partial charge in [0.05, 0.1) is 22.5 Å². The molecule has 0 aliphatic carbocycles. The average Bonchev–Trinajstić information content (AvgIpc) is 2.82. The maximum Gasteiger partial charge on any atom is 0.337 e. The first-order valence-corrected chi connectivity index (χ1v) is 4.94. The summed E-state index contributed by atoms with van der Waals surface area (Å²) < 4.78 is 0. The number of carbonyl (C=O) groups is 2. The fourth-order valence-electron chi connectivity index (χ4n) is 1.65. The van der Waals surface area contributed by atoms with Gasteiger partial charge in [0, 0.05) is 18.0 Å². The molecule has 0 aliphatic heterocycles. The Bertz CT molecular complexity index is 667. The van der Waals surface area contributed by atoms with Gasteiger partial charge in [-0.1, -0.05) is 0 Å². The van der Waals surface area contributed by atoms with Gasteiger partial charge in [0.1, 0.15) is 6.07 Å². The molecule has 0 saturated carbocycles. The molecule has 0 unspecified atom stereocenters. The van der Waals surface area contributed by atoms with Gasteiger partial charge in [0.25, 0.3) is 0 Å². The van der Waals surface area contributed by atoms with E-state index >= 15 is 0 Å². The summed E-state index contributed by atoms with van der Waals surface area (Å²) in [4.78, 5) is 28.5. The van der Waals surface area contributed by atoms with Gasteiger partial charge < -0.3 is 10.1 Å². The van der Waals surface area contributed by atoms with Gasteiger partial charge in [-0.3, -0.25) is 9.78 Å². The highest BCUT2D eigenvalue weighted by Gasteiger charge is 2.21. The van der Waals surface area contributed by atoms with Crippen LogP contribution in [0.5, 0.6) is 0 Å². The van der Waals surface area contributed by atoms with Crippen LogP contribution in [-0.2, 0) is 0 Å². The van der Waals surface area contributed by atoms with E-state index in [0.29, 0.717) is 6.29 Å². The quantitative estimate of drug-likeness (QED) is 0.791. The largest absolute Gasteiger partial charge is 0.478 e. The second-order valence-corrected chi connectivity index (χ2v) is 3.43. The summed E-state index contributed by atoms with van der Waals surface area (Å²) in [7, 11) is 0. The second-order valence-electron chi connectivity index (χ2n) is 3.43. The standard InChI is InChI=1S/C12H7N3O3/c13-4-7-2-1-3-14-11(7)10-8(12(17)18)5-15-9(10)6-16/h1-3,5-6,15H,(H,17,18). The van der Waals surface area contributed by atoms with Gasteiger partial charge >= 0.3 is 5.97 Å². The molecule has 2 aromatic heterocycles. The first-order valence-electron chi connectivity index (χ1n) is 4.94. The van der Waals surface area contributed by atoms with Crippen molar-refractivity contribution in [3.63, 3.8) is 0 Å². The Balaban J connectivity index is 2.77. The summed E-state index contributed by atoms with van der Waals surface area (Å²) in [5, 5.41) is 18.0. The zero-order valence-corrected chi connectivity index (χ0v) is 9.04. The minimum atomic E-state index is -1.19. The first kappa shape index (κ1) is 11.5. The van der Waals surface area contributed by atoms with Crippen molar-refractivity contribution in [2.24, 2.45) is 0 Å². The Kier molecular flexibility index (Phi) is 2.89. The van der Waals surface area contributed by atoms with E-state index in [1.54, 1.807) is 6.07 Å². The molecule has 6 nitrogen and oxygen atoms in total. The number of carboxylic acid groups (broad SMARTS) is 1. The van der Waals surface area contributed by atoms with Crippen LogP contribution in [0.3, 0.4) is 0 Å². The number of pyridine rings is 1. The van der Waals surface area contributed by atoms with E-state index in [2.05, 4.69) is 9.97 Å². The number of nitriles is 1. The van der Waals surface area contributed by atoms with Crippen molar-refractivity contribution < 1.29 is 14.7 Å². The fraction of sp³-hybridized carbons (Fsp3) is 0. The number of hydrogen-bond donors (Lipinski definition) is 2. The second kappa shape index (κ2) is 4.51. The van der Waals surface area contributed by atoms with E-state index < -0.39 is 5.97 Å². The van der Waals surface area contributed by atoms with Gasteiger partial charge in [-0.05, 0) is 12.1 Å². The molecule has 0 saturated heterocycles. The Hall–Kier alpha value is -2.94. The van der Waals surface area contributed by atoms with Crippen molar-refractivity contribution in [3.8, 4) is 17.3 Å². The molecule has 88 valence electrons. The van der Waals surface area contributed by atoms with Crippen LogP contribution in [0.1, 0.15) is 26.4 Å². The van der Waals surface area contributed by atoms with Crippen molar-refractivity contribution in [2.45, 2.75) is 0 Å². The minimum absolute atomic E-state index is 0.0857. The van der Waals surface area contributed by atoms with Crippen LogP contribution in [0.2, 0.25) is 0 Å². The Morgan fingerprint density at radius 3 is 2.94 bits per heavy atom. The number of aldehydes is 1. The summed E-state index contributed by atoms with van der Waals surface area (Å²) >= 11 is 0. The molecule has 0 aromatic carbocycles. The van der Waals surface area contributed by atoms with Gasteiger partial charge in [-0.2, -0.15) is 5.26 Å². The molecule has 2 aromatic rings. The number of rotatable bonds is 3. The number of nitrogens with zero attached hydrogens (tertiary/aromatic N) is 2. The zero-order chi connectivity index (χ0) is 13.1. The summed E-state index contributed by atoms with van der Waals surface area (Å²) in [6.45, 7) is 0. The van der Waals surface area contributed by atoms with Crippen LogP contribution >= 0.6 is 0 Å². The first-order chi connectivity index (χ1) is 8.69. The summed E-state index contributed by atoms with van der Waals surface area (Å²) in [6, 6.07) is 4.99. The smallest absolute Gasteiger partial charge is 0.337 e. The molecule has 6 heteroatoms. The van der Waals surface area contributed by atoms with E-state index in [4.69, 9.17) is 10.4 Å². The molecule has 0 atom stereocenters. The number of aromatic carboxylic acids is 1. The predicted molar refractivity (Wildman–Crippen MR) is 61.1 cm³/mol. The lowest BCUT2D eigenvalue weighted by Crippen LogP contribution is -2.00. The van der Waals surface area contributed by atoms with Crippen LogP contribution in [0.15, 0.2) is 24.5 Å². The number of carbonyl (C=O) groups excluding carboxylic acids is 1. The van der Waals surface area contributed by atoms with E-state index in [9.17, 15) is 9.59 Å². The summed E-state index contributed by atoms with van der Waals surface area (Å²) in [6.07, 6.45) is 3.14. The molecule has 0 spiro atoms. The van der Waals surface area contributed by atoms with Gasteiger partial charge in [0.2, 0.25) is 0 Å². The summed E-state index contributed by atoms with van der Waals surface area (Å²) in [5.41, 5.74) is 0.521. The minimum Gasteiger partial charge on any atom is -0.478 e. The third-order valence-corrected chi connectivity index (χ3v) is 2.42. The summed E-state index contributed by atoms with van der Waals surface area (Å²) in [5.74, 6) is -1.19. The van der Waals surface area contributed by atoms with Gasteiger partial charge in [-0.25, -0.2) is 4.79 Å². The van der Waals surface area contributed by atoms with Crippen molar-refractivity contribution in [1.82, 2.24) is 9.97 Å². The number of aromatic amines is 1. The van der Waals surface area contributed by atoms with Gasteiger partial charge in [-0.15, -0.1) is 0 Å². The van der Waals surface area contributed by atoms with Crippen LogP contribution in [0.4, 0.5) is 0 Å². The van der Waals surface area contributed by atoms with Crippen LogP contribution in [0.25, 0.3) is 11.3 Å². The van der Waals surface area contributed by atoms with Crippen molar-refractivity contribution in [3.05, 3.63) is 41.3 Å². The van der Waals surface area contributed by atoms with E-state index in [0.717, 1.165) is 0 Å². The third-order valence-electron chi connectivity index (χ3n) is 2.42. The Labute approximate surface area is 102 Å². The monoisotopic (exact) mass is 241 g/mol.